The van der Waals surface area contributed by atoms with Crippen molar-refractivity contribution in [1.29, 1.82) is 0 Å². The minimum Gasteiger partial charge on any atom is -0.497 e. The lowest BCUT2D eigenvalue weighted by atomic mass is 10.1. The van der Waals surface area contributed by atoms with Gasteiger partial charge in [0.1, 0.15) is 28.4 Å². The highest BCUT2D eigenvalue weighted by atomic mass is 16.5. The van der Waals surface area contributed by atoms with Crippen LogP contribution >= 0.6 is 0 Å². The molecule has 0 saturated heterocycles. The monoisotopic (exact) mass is 512 g/mol. The van der Waals surface area contributed by atoms with E-state index in [0.717, 1.165) is 5.56 Å². The van der Waals surface area contributed by atoms with Gasteiger partial charge in [0.25, 0.3) is 11.5 Å². The maximum absolute atomic E-state index is 13.4. The van der Waals surface area contributed by atoms with Crippen molar-refractivity contribution in [3.05, 3.63) is 106 Å². The Bertz CT molecular complexity index is 1770. The summed E-state index contributed by atoms with van der Waals surface area (Å²) in [7, 11) is 1.56. The van der Waals surface area contributed by atoms with Gasteiger partial charge >= 0.3 is 5.97 Å². The molecule has 0 aliphatic carbocycles. The van der Waals surface area contributed by atoms with Gasteiger partial charge < -0.3 is 18.5 Å². The van der Waals surface area contributed by atoms with Crippen LogP contribution in [0.5, 0.6) is 5.75 Å². The quantitative estimate of drug-likeness (QED) is 0.243. The lowest BCUT2D eigenvalue weighted by Crippen LogP contribution is -2.33. The van der Waals surface area contributed by atoms with Crippen molar-refractivity contribution in [2.24, 2.45) is 4.99 Å². The summed E-state index contributed by atoms with van der Waals surface area (Å²) in [6.45, 7) is 1.84. The molecule has 0 atom stereocenters. The number of hydrogen-bond acceptors (Lipinski definition) is 7. The summed E-state index contributed by atoms with van der Waals surface area (Å²) in [5.74, 6) is -0.0218. The average Bonchev–Trinajstić information content (AvgIpc) is 3.44. The molecule has 1 aromatic carbocycles. The average molecular weight is 513 g/mol. The zero-order chi connectivity index (χ0) is 26.6. The lowest BCUT2D eigenvalue weighted by Gasteiger charge is -2.14. The molecule has 0 saturated carbocycles. The third-order valence-corrected chi connectivity index (χ3v) is 5.92. The predicted octanol–water partition coefficient (Wildman–Crippen LogP) is 3.15. The third-order valence-electron chi connectivity index (χ3n) is 5.92. The first-order valence-electron chi connectivity index (χ1n) is 11.9. The van der Waals surface area contributed by atoms with Gasteiger partial charge in [0.15, 0.2) is 5.49 Å². The van der Waals surface area contributed by atoms with Gasteiger partial charge in [0.05, 0.1) is 38.3 Å². The predicted molar refractivity (Wildman–Crippen MR) is 138 cm³/mol. The fourth-order valence-corrected chi connectivity index (χ4v) is 4.14. The van der Waals surface area contributed by atoms with Crippen molar-refractivity contribution >= 4 is 28.6 Å². The first-order valence-corrected chi connectivity index (χ1v) is 11.9. The molecule has 0 unspecified atom stereocenters. The second-order valence-electron chi connectivity index (χ2n) is 8.38. The van der Waals surface area contributed by atoms with E-state index in [-0.39, 0.29) is 47.2 Å². The Morgan fingerprint density at radius 1 is 1.08 bits per heavy atom. The zero-order valence-corrected chi connectivity index (χ0v) is 20.8. The molecule has 38 heavy (non-hydrogen) atoms. The van der Waals surface area contributed by atoms with Gasteiger partial charge in [-0.25, -0.2) is 9.78 Å². The van der Waals surface area contributed by atoms with Crippen molar-refractivity contribution in [2.75, 3.05) is 13.7 Å². The molecule has 0 aliphatic heterocycles. The van der Waals surface area contributed by atoms with E-state index in [0.29, 0.717) is 17.2 Å². The smallest absolute Gasteiger partial charge is 0.341 e. The second-order valence-corrected chi connectivity index (χ2v) is 8.38. The molecule has 192 valence electrons. The summed E-state index contributed by atoms with van der Waals surface area (Å²) in [4.78, 5) is 48.7. The number of furan rings is 1. The molecule has 0 spiro atoms. The van der Waals surface area contributed by atoms with Crippen molar-refractivity contribution in [2.45, 2.75) is 19.9 Å². The van der Waals surface area contributed by atoms with Crippen LogP contribution in [0, 0.1) is 0 Å². The van der Waals surface area contributed by atoms with Crippen LogP contribution in [0.1, 0.15) is 28.6 Å². The third kappa shape index (κ3) is 4.83. The standard InChI is InChI=1S/C28H24N4O6/c1-3-37-28(35)22-16-21-25(29-23-8-4-5-13-31(23)27(21)34)32(17-20-7-6-14-38-20)26(22)30-24(33)15-18-9-11-19(36-2)12-10-18/h4-14,16H,3,15,17H2,1-2H3. The number of esters is 1. The molecule has 4 heterocycles. The van der Waals surface area contributed by atoms with E-state index in [1.807, 2.05) is 0 Å². The summed E-state index contributed by atoms with van der Waals surface area (Å²) in [5.41, 5.74) is 1.000. The molecule has 0 aliphatic rings. The number of fused-ring (bicyclic) bond motifs is 2. The Balaban J connectivity index is 1.77. The van der Waals surface area contributed by atoms with Gasteiger partial charge in [-0.05, 0) is 55.0 Å². The van der Waals surface area contributed by atoms with Crippen molar-refractivity contribution in [3.63, 3.8) is 0 Å². The van der Waals surface area contributed by atoms with Crippen LogP contribution in [0.3, 0.4) is 0 Å². The normalized spacial score (nSPS) is 11.7. The largest absolute Gasteiger partial charge is 0.497 e. The SMILES string of the molecule is CCOC(=O)c1cc2c(=O)n3ccccc3nc2n(Cc2ccco2)c1=NC(=O)Cc1ccc(OC)cc1. The van der Waals surface area contributed by atoms with E-state index in [4.69, 9.17) is 13.9 Å². The van der Waals surface area contributed by atoms with Gasteiger partial charge in [-0.1, -0.05) is 18.2 Å². The number of amides is 1. The number of rotatable bonds is 7. The first-order chi connectivity index (χ1) is 18.5. The van der Waals surface area contributed by atoms with Crippen LogP contribution in [0.15, 0.2) is 87.3 Å². The zero-order valence-electron chi connectivity index (χ0n) is 20.8. The van der Waals surface area contributed by atoms with Crippen LogP contribution in [-0.2, 0) is 22.5 Å². The Morgan fingerprint density at radius 2 is 1.89 bits per heavy atom. The van der Waals surface area contributed by atoms with Gasteiger partial charge in [0, 0.05) is 6.20 Å². The molecular formula is C28H24N4O6. The topological polar surface area (TPSA) is 117 Å². The van der Waals surface area contributed by atoms with E-state index < -0.39 is 11.9 Å². The molecule has 10 nitrogen and oxygen atoms in total. The Morgan fingerprint density at radius 3 is 2.61 bits per heavy atom. The summed E-state index contributed by atoms with van der Waals surface area (Å²) in [6.07, 6.45) is 3.09. The molecular weight excluding hydrogens is 488 g/mol. The number of benzene rings is 1. The van der Waals surface area contributed by atoms with Gasteiger partial charge in [0.2, 0.25) is 0 Å². The Kier molecular flexibility index (Phi) is 6.86. The first kappa shape index (κ1) is 24.7. The van der Waals surface area contributed by atoms with Crippen molar-refractivity contribution in [3.8, 4) is 5.75 Å². The maximum Gasteiger partial charge on any atom is 0.341 e. The summed E-state index contributed by atoms with van der Waals surface area (Å²) >= 11 is 0. The van der Waals surface area contributed by atoms with E-state index in [2.05, 4.69) is 9.98 Å². The lowest BCUT2D eigenvalue weighted by molar-refractivity contribution is -0.117. The second kappa shape index (κ2) is 10.6. The number of aromatic nitrogens is 3. The van der Waals surface area contributed by atoms with Crippen LogP contribution in [0.25, 0.3) is 16.7 Å². The highest BCUT2D eigenvalue weighted by molar-refractivity contribution is 5.94. The van der Waals surface area contributed by atoms with Gasteiger partial charge in [-0.15, -0.1) is 0 Å². The number of methoxy groups -OCH3 is 1. The number of carbonyl (C=O) groups excluding carboxylic acids is 2. The molecule has 0 fully saturated rings. The molecule has 1 amide bonds. The summed E-state index contributed by atoms with van der Waals surface area (Å²) < 4.78 is 18.9. The molecule has 0 bridgehead atoms. The Labute approximate surface area is 216 Å². The highest BCUT2D eigenvalue weighted by Crippen LogP contribution is 2.15. The fourth-order valence-electron chi connectivity index (χ4n) is 4.14. The minimum atomic E-state index is -0.712. The number of pyridine rings is 2. The maximum atomic E-state index is 13.4. The van der Waals surface area contributed by atoms with Gasteiger partial charge in [-0.3, -0.25) is 14.0 Å². The molecule has 0 N–H and O–H groups in total. The molecule has 5 rings (SSSR count). The van der Waals surface area contributed by atoms with Crippen molar-refractivity contribution < 1.29 is 23.5 Å². The van der Waals surface area contributed by atoms with Crippen LogP contribution in [0.2, 0.25) is 0 Å². The molecule has 5 aromatic rings. The van der Waals surface area contributed by atoms with Crippen molar-refractivity contribution in [1.82, 2.24) is 14.0 Å². The Hall–Kier alpha value is -4.99. The van der Waals surface area contributed by atoms with E-state index in [9.17, 15) is 14.4 Å². The molecule has 4 aromatic heterocycles. The van der Waals surface area contributed by atoms with Crippen LogP contribution < -0.4 is 15.8 Å². The summed E-state index contributed by atoms with van der Waals surface area (Å²) in [6, 6.07) is 17.1. The minimum absolute atomic E-state index is 0.0150. The molecule has 0 radical (unpaired) electrons. The van der Waals surface area contributed by atoms with E-state index >= 15 is 0 Å². The van der Waals surface area contributed by atoms with Crippen LogP contribution in [-0.4, -0.2) is 39.5 Å². The number of nitrogens with zero attached hydrogens (tertiary/aromatic N) is 4. The van der Waals surface area contributed by atoms with Gasteiger partial charge in [-0.2, -0.15) is 4.99 Å². The number of hydrogen-bond donors (Lipinski definition) is 0. The number of ether oxygens (including phenoxy) is 2. The van der Waals surface area contributed by atoms with Crippen LogP contribution in [0.4, 0.5) is 0 Å². The highest BCUT2D eigenvalue weighted by Gasteiger charge is 2.21. The molecule has 10 heteroatoms. The number of carbonyl (C=O) groups is 2. The van der Waals surface area contributed by atoms with E-state index in [1.165, 1.54) is 16.7 Å². The fraction of sp³-hybridized carbons (Fsp3) is 0.179. The van der Waals surface area contributed by atoms with E-state index in [1.54, 1.807) is 79.4 Å². The summed E-state index contributed by atoms with van der Waals surface area (Å²) in [5, 5.41) is 0.171.